The minimum atomic E-state index is -3.56. The highest BCUT2D eigenvalue weighted by atomic mass is 32.2. The van der Waals surface area contributed by atoms with Gasteiger partial charge in [-0.25, -0.2) is 8.42 Å². The van der Waals surface area contributed by atoms with Crippen LogP contribution in [0.4, 0.5) is 0 Å². The number of hydrogen-bond donors (Lipinski definition) is 1. The number of sulfonamides is 1. The van der Waals surface area contributed by atoms with E-state index in [0.717, 1.165) is 16.9 Å². The van der Waals surface area contributed by atoms with Crippen LogP contribution in [0.15, 0.2) is 52.4 Å². The molecule has 1 heterocycles. The summed E-state index contributed by atoms with van der Waals surface area (Å²) in [6.45, 7) is 2.61. The molecule has 1 N–H and O–H groups in total. The first kappa shape index (κ1) is 19.9. The van der Waals surface area contributed by atoms with Crippen LogP contribution >= 0.6 is 0 Å². The van der Waals surface area contributed by atoms with E-state index in [1.165, 1.54) is 6.07 Å². The summed E-state index contributed by atoms with van der Waals surface area (Å²) in [5.41, 5.74) is 2.56. The summed E-state index contributed by atoms with van der Waals surface area (Å²) in [4.78, 5) is 18.6. The number of aliphatic imine (C=N–C) groups is 1. The van der Waals surface area contributed by atoms with Crippen LogP contribution in [0, 0.1) is 6.92 Å². The van der Waals surface area contributed by atoms with Crippen molar-refractivity contribution in [1.82, 2.24) is 9.62 Å². The summed E-state index contributed by atoms with van der Waals surface area (Å²) in [5.74, 6) is 0.941. The van der Waals surface area contributed by atoms with E-state index in [1.807, 2.05) is 25.1 Å². The Labute approximate surface area is 165 Å². The maximum absolute atomic E-state index is 12.5. The Balaban J connectivity index is 1.64. The van der Waals surface area contributed by atoms with Crippen LogP contribution in [0.2, 0.25) is 0 Å². The quantitative estimate of drug-likeness (QED) is 0.803. The summed E-state index contributed by atoms with van der Waals surface area (Å²) in [5, 5.41) is 0. The molecule has 1 aliphatic rings. The maximum Gasteiger partial charge on any atom is 0.263 e. The number of hydrogen-bond acceptors (Lipinski definition) is 5. The third-order valence-electron chi connectivity index (χ3n) is 4.53. The van der Waals surface area contributed by atoms with Crippen molar-refractivity contribution >= 4 is 21.8 Å². The molecule has 1 aliphatic heterocycles. The minimum Gasteiger partial charge on any atom is -0.496 e. The zero-order chi connectivity index (χ0) is 20.3. The molecular weight excluding hydrogens is 378 g/mol. The number of aryl methyl sites for hydroxylation is 1. The fraction of sp³-hybridized carbons (Fsp3) is 0.300. The van der Waals surface area contributed by atoms with Crippen LogP contribution in [0.3, 0.4) is 0 Å². The molecule has 2 aromatic rings. The predicted octanol–water partition coefficient (Wildman–Crippen LogP) is 2.09. The third-order valence-corrected chi connectivity index (χ3v) is 5.92. The Kier molecular flexibility index (Phi) is 5.69. The van der Waals surface area contributed by atoms with Crippen molar-refractivity contribution in [1.29, 1.82) is 0 Å². The van der Waals surface area contributed by atoms with E-state index < -0.39 is 10.0 Å². The number of ether oxygens (including phenoxy) is 1. The molecule has 0 saturated heterocycles. The maximum atomic E-state index is 12.5. The van der Waals surface area contributed by atoms with Crippen molar-refractivity contribution in [3.8, 4) is 5.75 Å². The van der Waals surface area contributed by atoms with Gasteiger partial charge < -0.3 is 9.64 Å². The number of amidine groups is 1. The lowest BCUT2D eigenvalue weighted by Crippen LogP contribution is -2.27. The van der Waals surface area contributed by atoms with Gasteiger partial charge >= 0.3 is 0 Å². The van der Waals surface area contributed by atoms with Gasteiger partial charge in [0.1, 0.15) is 11.6 Å². The predicted molar refractivity (Wildman–Crippen MR) is 107 cm³/mol. The number of rotatable bonds is 6. The standard InChI is InChI=1S/C20H23N3O4S/c1-14-8-9-17(27-3)15(12-14)13-23(2)19(24)10-11-21-20-16-6-4-5-7-18(16)28(25,26)22-20/h4-9,12H,10-11,13H2,1-3H3,(H,21,22). The lowest BCUT2D eigenvalue weighted by atomic mass is 10.1. The topological polar surface area (TPSA) is 88.1 Å². The molecule has 0 radical (unpaired) electrons. The summed E-state index contributed by atoms with van der Waals surface area (Å²) in [6.07, 6.45) is 0.179. The van der Waals surface area contributed by atoms with E-state index in [1.54, 1.807) is 37.3 Å². The second kappa shape index (κ2) is 8.02. The molecule has 0 unspecified atom stereocenters. The van der Waals surface area contributed by atoms with Crippen molar-refractivity contribution < 1.29 is 17.9 Å². The van der Waals surface area contributed by atoms with E-state index in [2.05, 4.69) is 9.71 Å². The molecule has 28 heavy (non-hydrogen) atoms. The van der Waals surface area contributed by atoms with Gasteiger partial charge in [-0.15, -0.1) is 0 Å². The number of methoxy groups -OCH3 is 1. The van der Waals surface area contributed by atoms with Gasteiger partial charge in [0.05, 0.1) is 18.6 Å². The zero-order valence-corrected chi connectivity index (χ0v) is 16.9. The van der Waals surface area contributed by atoms with Crippen LogP contribution in [0.25, 0.3) is 0 Å². The first-order valence-electron chi connectivity index (χ1n) is 8.86. The summed E-state index contributed by atoms with van der Waals surface area (Å²) in [7, 11) is -0.234. The molecule has 2 aromatic carbocycles. The molecular formula is C20H23N3O4S. The molecule has 0 spiro atoms. The first-order valence-corrected chi connectivity index (χ1v) is 10.3. The largest absolute Gasteiger partial charge is 0.496 e. The molecule has 148 valence electrons. The second-order valence-electron chi connectivity index (χ2n) is 6.65. The molecule has 0 bridgehead atoms. The Morgan fingerprint density at radius 3 is 2.71 bits per heavy atom. The van der Waals surface area contributed by atoms with Gasteiger partial charge in [0.25, 0.3) is 10.0 Å². The molecule has 0 aliphatic carbocycles. The Morgan fingerprint density at radius 2 is 1.96 bits per heavy atom. The van der Waals surface area contributed by atoms with E-state index in [4.69, 9.17) is 4.74 Å². The molecule has 0 saturated carbocycles. The van der Waals surface area contributed by atoms with Crippen molar-refractivity contribution in [2.24, 2.45) is 4.99 Å². The molecule has 0 atom stereocenters. The number of benzene rings is 2. The van der Waals surface area contributed by atoms with E-state index in [-0.39, 0.29) is 29.6 Å². The molecule has 3 rings (SSSR count). The van der Waals surface area contributed by atoms with Crippen LogP contribution in [0.1, 0.15) is 23.1 Å². The number of carbonyl (C=O) groups excluding carboxylic acids is 1. The molecule has 0 fully saturated rings. The molecule has 7 nitrogen and oxygen atoms in total. The van der Waals surface area contributed by atoms with Crippen molar-refractivity contribution in [2.75, 3.05) is 20.7 Å². The number of carbonyl (C=O) groups is 1. The van der Waals surface area contributed by atoms with Crippen molar-refractivity contribution in [3.05, 3.63) is 59.2 Å². The van der Waals surface area contributed by atoms with Gasteiger partial charge in [0.2, 0.25) is 5.91 Å². The Morgan fingerprint density at radius 1 is 1.21 bits per heavy atom. The van der Waals surface area contributed by atoms with E-state index in [0.29, 0.717) is 12.1 Å². The smallest absolute Gasteiger partial charge is 0.263 e. The summed E-state index contributed by atoms with van der Waals surface area (Å²) < 4.78 is 32.0. The van der Waals surface area contributed by atoms with E-state index in [9.17, 15) is 13.2 Å². The fourth-order valence-electron chi connectivity index (χ4n) is 3.08. The lowest BCUT2D eigenvalue weighted by molar-refractivity contribution is -0.130. The van der Waals surface area contributed by atoms with Crippen LogP contribution in [-0.4, -0.2) is 45.8 Å². The lowest BCUT2D eigenvalue weighted by Gasteiger charge is -2.19. The van der Waals surface area contributed by atoms with Gasteiger partial charge in [-0.1, -0.05) is 29.8 Å². The summed E-state index contributed by atoms with van der Waals surface area (Å²) in [6, 6.07) is 12.5. The van der Waals surface area contributed by atoms with Crippen LogP contribution in [0.5, 0.6) is 5.75 Å². The minimum absolute atomic E-state index is 0.0814. The number of fused-ring (bicyclic) bond motifs is 1. The summed E-state index contributed by atoms with van der Waals surface area (Å²) >= 11 is 0. The van der Waals surface area contributed by atoms with Gasteiger partial charge in [-0.2, -0.15) is 0 Å². The monoisotopic (exact) mass is 401 g/mol. The highest BCUT2D eigenvalue weighted by Crippen LogP contribution is 2.23. The third kappa shape index (κ3) is 4.17. The Hall–Kier alpha value is -2.87. The van der Waals surface area contributed by atoms with Gasteiger partial charge in [-0.05, 0) is 25.1 Å². The van der Waals surface area contributed by atoms with Crippen LogP contribution < -0.4 is 9.46 Å². The fourth-order valence-corrected chi connectivity index (χ4v) is 4.33. The first-order chi connectivity index (χ1) is 13.3. The molecule has 1 amide bonds. The van der Waals surface area contributed by atoms with Gasteiger partial charge in [-0.3, -0.25) is 14.5 Å². The van der Waals surface area contributed by atoms with Crippen LogP contribution in [-0.2, 0) is 21.4 Å². The number of nitrogens with zero attached hydrogens (tertiary/aromatic N) is 2. The van der Waals surface area contributed by atoms with E-state index >= 15 is 0 Å². The normalized spacial score (nSPS) is 15.8. The average Bonchev–Trinajstić information content (AvgIpc) is 2.92. The van der Waals surface area contributed by atoms with Gasteiger partial charge in [0.15, 0.2) is 0 Å². The highest BCUT2D eigenvalue weighted by Gasteiger charge is 2.30. The number of amides is 1. The molecule has 0 aromatic heterocycles. The number of nitrogens with one attached hydrogen (secondary N) is 1. The highest BCUT2D eigenvalue weighted by molar-refractivity contribution is 7.90. The van der Waals surface area contributed by atoms with Crippen molar-refractivity contribution in [2.45, 2.75) is 24.8 Å². The van der Waals surface area contributed by atoms with Crippen molar-refractivity contribution in [3.63, 3.8) is 0 Å². The second-order valence-corrected chi connectivity index (χ2v) is 8.30. The zero-order valence-electron chi connectivity index (χ0n) is 16.1. The van der Waals surface area contributed by atoms with Gasteiger partial charge in [0, 0.05) is 31.1 Å². The molecule has 8 heteroatoms. The average molecular weight is 401 g/mol. The SMILES string of the molecule is COc1ccc(C)cc1CN(C)C(=O)CCN=C1NS(=O)(=O)c2ccccc21. The Bertz CT molecular complexity index is 1030.